The van der Waals surface area contributed by atoms with Gasteiger partial charge in [0.15, 0.2) is 0 Å². The number of carbonyl (C=O) groups is 2. The number of aryl methyl sites for hydroxylation is 1. The van der Waals surface area contributed by atoms with Gasteiger partial charge in [0.05, 0.1) is 5.56 Å². The van der Waals surface area contributed by atoms with Crippen molar-refractivity contribution in [3.05, 3.63) is 29.3 Å². The molecule has 5 heteroatoms. The average Bonchev–Trinajstić information content (AvgIpc) is 2.24. The number of phenols is 1. The number of nitrogens with one attached hydrogen (secondary N) is 1. The number of carboxylic acids is 1. The molecular formula is C13H17NO4. The van der Waals surface area contributed by atoms with Crippen LogP contribution in [0.25, 0.3) is 0 Å². The quantitative estimate of drug-likeness (QED) is 0.757. The second-order valence-corrected chi connectivity index (χ2v) is 4.55. The van der Waals surface area contributed by atoms with Gasteiger partial charge in [-0.3, -0.25) is 4.79 Å². The fourth-order valence-electron chi connectivity index (χ4n) is 1.57. The van der Waals surface area contributed by atoms with Crippen LogP contribution in [-0.2, 0) is 4.79 Å². The van der Waals surface area contributed by atoms with E-state index >= 15 is 0 Å². The van der Waals surface area contributed by atoms with Gasteiger partial charge in [0.2, 0.25) is 0 Å². The van der Waals surface area contributed by atoms with Crippen LogP contribution in [0.4, 0.5) is 0 Å². The van der Waals surface area contributed by atoms with Crippen molar-refractivity contribution in [3.63, 3.8) is 0 Å². The van der Waals surface area contributed by atoms with Crippen molar-refractivity contribution in [2.75, 3.05) is 0 Å². The molecule has 1 aromatic carbocycles. The van der Waals surface area contributed by atoms with Crippen molar-refractivity contribution in [1.82, 2.24) is 5.32 Å². The Balaban J connectivity index is 2.91. The minimum atomic E-state index is -1.09. The summed E-state index contributed by atoms with van der Waals surface area (Å²) in [6.07, 6.45) is 0. The number of amides is 1. The highest BCUT2D eigenvalue weighted by atomic mass is 16.4. The SMILES string of the molecule is Cc1ccc(C(=O)N[C@@H](C(=O)O)C(C)C)c(O)c1. The summed E-state index contributed by atoms with van der Waals surface area (Å²) in [6, 6.07) is 3.64. The number of carboxylic acid groups (broad SMARTS) is 1. The maximum atomic E-state index is 11.9. The van der Waals surface area contributed by atoms with Gasteiger partial charge in [0.1, 0.15) is 11.8 Å². The summed E-state index contributed by atoms with van der Waals surface area (Å²) < 4.78 is 0. The highest BCUT2D eigenvalue weighted by molar-refractivity contribution is 5.98. The zero-order valence-corrected chi connectivity index (χ0v) is 10.6. The monoisotopic (exact) mass is 251 g/mol. The Kier molecular flexibility index (Phi) is 4.31. The molecule has 5 nitrogen and oxygen atoms in total. The van der Waals surface area contributed by atoms with E-state index in [2.05, 4.69) is 5.32 Å². The summed E-state index contributed by atoms with van der Waals surface area (Å²) in [4.78, 5) is 22.8. The zero-order valence-electron chi connectivity index (χ0n) is 10.6. The molecule has 3 N–H and O–H groups in total. The Morgan fingerprint density at radius 1 is 1.28 bits per heavy atom. The van der Waals surface area contributed by atoms with Crippen LogP contribution in [0, 0.1) is 12.8 Å². The van der Waals surface area contributed by atoms with E-state index in [1.807, 2.05) is 0 Å². The summed E-state index contributed by atoms with van der Waals surface area (Å²) >= 11 is 0. The van der Waals surface area contributed by atoms with E-state index in [4.69, 9.17) is 5.11 Å². The minimum Gasteiger partial charge on any atom is -0.507 e. The Morgan fingerprint density at radius 2 is 1.89 bits per heavy atom. The normalized spacial score (nSPS) is 12.2. The first-order valence-electron chi connectivity index (χ1n) is 5.66. The number of benzene rings is 1. The van der Waals surface area contributed by atoms with E-state index < -0.39 is 17.9 Å². The lowest BCUT2D eigenvalue weighted by Gasteiger charge is -2.18. The summed E-state index contributed by atoms with van der Waals surface area (Å²) in [6.45, 7) is 5.19. The van der Waals surface area contributed by atoms with Gasteiger partial charge in [0.25, 0.3) is 5.91 Å². The molecule has 0 heterocycles. The highest BCUT2D eigenvalue weighted by Gasteiger charge is 2.24. The van der Waals surface area contributed by atoms with Gasteiger partial charge in [-0.15, -0.1) is 0 Å². The molecule has 98 valence electrons. The predicted octanol–water partition coefficient (Wildman–Crippen LogP) is 1.54. The largest absolute Gasteiger partial charge is 0.507 e. The zero-order chi connectivity index (χ0) is 13.9. The first-order valence-corrected chi connectivity index (χ1v) is 5.66. The molecule has 18 heavy (non-hydrogen) atoms. The number of hydrogen-bond donors (Lipinski definition) is 3. The Hall–Kier alpha value is -2.04. The standard InChI is InChI=1S/C13H17NO4/c1-7(2)11(13(17)18)14-12(16)9-5-4-8(3)6-10(9)15/h4-7,11,15H,1-3H3,(H,14,16)(H,17,18)/t11-/m1/s1. The molecule has 0 unspecified atom stereocenters. The number of hydrogen-bond acceptors (Lipinski definition) is 3. The molecule has 1 rings (SSSR count). The third kappa shape index (κ3) is 3.23. The lowest BCUT2D eigenvalue weighted by molar-refractivity contribution is -0.140. The van der Waals surface area contributed by atoms with Crippen LogP contribution >= 0.6 is 0 Å². The number of rotatable bonds is 4. The van der Waals surface area contributed by atoms with Gasteiger partial charge < -0.3 is 15.5 Å². The van der Waals surface area contributed by atoms with Crippen LogP contribution in [0.3, 0.4) is 0 Å². The number of carbonyl (C=O) groups excluding carboxylic acids is 1. The molecule has 0 fully saturated rings. The van der Waals surface area contributed by atoms with Crippen molar-refractivity contribution in [2.45, 2.75) is 26.8 Å². The van der Waals surface area contributed by atoms with Gasteiger partial charge in [-0.25, -0.2) is 4.79 Å². The van der Waals surface area contributed by atoms with Crippen LogP contribution in [0.15, 0.2) is 18.2 Å². The lowest BCUT2D eigenvalue weighted by atomic mass is 10.0. The molecule has 0 saturated heterocycles. The molecule has 1 amide bonds. The van der Waals surface area contributed by atoms with Crippen molar-refractivity contribution in [1.29, 1.82) is 0 Å². The number of aliphatic carboxylic acids is 1. The molecule has 0 spiro atoms. The Morgan fingerprint density at radius 3 is 2.33 bits per heavy atom. The fraction of sp³-hybridized carbons (Fsp3) is 0.385. The van der Waals surface area contributed by atoms with Crippen LogP contribution < -0.4 is 5.32 Å². The summed E-state index contributed by atoms with van der Waals surface area (Å²) in [5.41, 5.74) is 0.898. The fourth-order valence-corrected chi connectivity index (χ4v) is 1.57. The first-order chi connectivity index (χ1) is 8.32. The Bertz CT molecular complexity index is 468. The van der Waals surface area contributed by atoms with Crippen LogP contribution in [0.1, 0.15) is 29.8 Å². The summed E-state index contributed by atoms with van der Waals surface area (Å²) in [5.74, 6) is -2.07. The molecule has 0 aliphatic carbocycles. The third-order valence-electron chi connectivity index (χ3n) is 2.62. The van der Waals surface area contributed by atoms with Crippen LogP contribution in [0.5, 0.6) is 5.75 Å². The van der Waals surface area contributed by atoms with Gasteiger partial charge in [-0.2, -0.15) is 0 Å². The van der Waals surface area contributed by atoms with Crippen molar-refractivity contribution in [3.8, 4) is 5.75 Å². The minimum absolute atomic E-state index is 0.0764. The maximum absolute atomic E-state index is 11.9. The molecule has 0 bridgehead atoms. The highest BCUT2D eigenvalue weighted by Crippen LogP contribution is 2.18. The smallest absolute Gasteiger partial charge is 0.326 e. The number of aromatic hydroxyl groups is 1. The van der Waals surface area contributed by atoms with Crippen molar-refractivity contribution in [2.24, 2.45) is 5.92 Å². The molecule has 0 saturated carbocycles. The van der Waals surface area contributed by atoms with E-state index in [-0.39, 0.29) is 17.2 Å². The predicted molar refractivity (Wildman–Crippen MR) is 66.6 cm³/mol. The average molecular weight is 251 g/mol. The van der Waals surface area contributed by atoms with E-state index in [9.17, 15) is 14.7 Å². The third-order valence-corrected chi connectivity index (χ3v) is 2.62. The first kappa shape index (κ1) is 14.0. The topological polar surface area (TPSA) is 86.6 Å². The van der Waals surface area contributed by atoms with Crippen LogP contribution in [-0.4, -0.2) is 28.1 Å². The number of phenolic OH excluding ortho intramolecular Hbond substituents is 1. The molecule has 0 aromatic heterocycles. The molecule has 0 radical (unpaired) electrons. The molecule has 0 aliphatic heterocycles. The van der Waals surface area contributed by atoms with E-state index in [1.54, 1.807) is 26.8 Å². The van der Waals surface area contributed by atoms with Gasteiger partial charge in [-0.05, 0) is 30.5 Å². The molecule has 1 atom stereocenters. The molecule has 1 aromatic rings. The van der Waals surface area contributed by atoms with Gasteiger partial charge in [0, 0.05) is 0 Å². The van der Waals surface area contributed by atoms with E-state index in [0.717, 1.165) is 5.56 Å². The van der Waals surface area contributed by atoms with Gasteiger partial charge in [-0.1, -0.05) is 19.9 Å². The van der Waals surface area contributed by atoms with E-state index in [0.29, 0.717) is 0 Å². The second-order valence-electron chi connectivity index (χ2n) is 4.55. The Labute approximate surface area is 105 Å². The van der Waals surface area contributed by atoms with Crippen LogP contribution in [0.2, 0.25) is 0 Å². The molecule has 0 aliphatic rings. The van der Waals surface area contributed by atoms with Crippen molar-refractivity contribution >= 4 is 11.9 Å². The lowest BCUT2D eigenvalue weighted by Crippen LogP contribution is -2.44. The molecular weight excluding hydrogens is 234 g/mol. The second kappa shape index (κ2) is 5.53. The summed E-state index contributed by atoms with van der Waals surface area (Å²) in [7, 11) is 0. The van der Waals surface area contributed by atoms with Gasteiger partial charge >= 0.3 is 5.97 Å². The van der Waals surface area contributed by atoms with Crippen molar-refractivity contribution < 1.29 is 19.8 Å². The van der Waals surface area contributed by atoms with E-state index in [1.165, 1.54) is 12.1 Å². The maximum Gasteiger partial charge on any atom is 0.326 e. The summed E-state index contributed by atoms with van der Waals surface area (Å²) in [5, 5.41) is 21.0.